The monoisotopic (exact) mass is 495 g/mol. The number of thiazole rings is 1. The Morgan fingerprint density at radius 3 is 2.49 bits per heavy atom. The van der Waals surface area contributed by atoms with Gasteiger partial charge < -0.3 is 19.5 Å². The quantitative estimate of drug-likeness (QED) is 0.386. The third-order valence-corrected chi connectivity index (χ3v) is 6.73. The van der Waals surface area contributed by atoms with Crippen molar-refractivity contribution >= 4 is 33.8 Å². The topological polar surface area (TPSA) is 101 Å². The van der Waals surface area contributed by atoms with Gasteiger partial charge in [-0.1, -0.05) is 30.4 Å². The van der Waals surface area contributed by atoms with Crippen molar-refractivity contribution in [3.63, 3.8) is 0 Å². The Balaban J connectivity index is 1.24. The number of aliphatic hydroxyl groups is 1. The van der Waals surface area contributed by atoms with Gasteiger partial charge in [0, 0.05) is 12.1 Å². The van der Waals surface area contributed by atoms with Gasteiger partial charge in [-0.05, 0) is 54.8 Å². The Hall–Kier alpha value is -3.43. The second kappa shape index (κ2) is 11.3. The highest BCUT2D eigenvalue weighted by atomic mass is 32.1. The second-order valence-electron chi connectivity index (χ2n) is 8.41. The molecule has 1 atom stereocenters. The number of aliphatic hydroxyl groups excluding tert-OH is 1. The molecule has 184 valence electrons. The standard InChI is InChI=1S/C26H29N3O5S/c1-3-33-20-10-6-19(7-11-20)29-14-22(15-29)34-21-8-4-18(5-9-21)17(2)12-23(31)24-13-27-26(35-24)28-25(32)16-30/h4-11,13,17,22,30H,3,12,14-16H2,1-2H3,(H,27,28,32)/t17-/m1/s1. The van der Waals surface area contributed by atoms with Crippen molar-refractivity contribution in [3.05, 3.63) is 65.2 Å². The molecule has 2 N–H and O–H groups in total. The third kappa shape index (κ3) is 6.37. The van der Waals surface area contributed by atoms with Crippen molar-refractivity contribution in [2.45, 2.75) is 32.3 Å². The Kier molecular flexibility index (Phi) is 7.99. The van der Waals surface area contributed by atoms with E-state index in [2.05, 4.69) is 27.3 Å². The number of carbonyl (C=O) groups excluding carboxylic acids is 2. The molecule has 0 radical (unpaired) electrons. The molecule has 0 bridgehead atoms. The molecule has 1 amide bonds. The molecule has 1 aliphatic rings. The van der Waals surface area contributed by atoms with E-state index in [4.69, 9.17) is 14.6 Å². The van der Waals surface area contributed by atoms with Crippen molar-refractivity contribution in [2.24, 2.45) is 0 Å². The smallest absolute Gasteiger partial charge is 0.251 e. The van der Waals surface area contributed by atoms with Gasteiger partial charge in [-0.25, -0.2) is 4.98 Å². The molecule has 0 saturated carbocycles. The van der Waals surface area contributed by atoms with Crippen LogP contribution in [0, 0.1) is 0 Å². The summed E-state index contributed by atoms with van der Waals surface area (Å²) in [5, 5.41) is 11.6. The van der Waals surface area contributed by atoms with Crippen LogP contribution in [0.25, 0.3) is 0 Å². The van der Waals surface area contributed by atoms with E-state index in [1.807, 2.05) is 50.2 Å². The van der Waals surface area contributed by atoms with Crippen LogP contribution in [0.5, 0.6) is 11.5 Å². The zero-order chi connectivity index (χ0) is 24.8. The van der Waals surface area contributed by atoms with E-state index in [9.17, 15) is 9.59 Å². The largest absolute Gasteiger partial charge is 0.494 e. The number of benzene rings is 2. The molecular weight excluding hydrogens is 466 g/mol. The zero-order valence-corrected chi connectivity index (χ0v) is 20.6. The average Bonchev–Trinajstić information content (AvgIpc) is 3.31. The predicted molar refractivity (Wildman–Crippen MR) is 136 cm³/mol. The minimum Gasteiger partial charge on any atom is -0.494 e. The number of hydrogen-bond donors (Lipinski definition) is 2. The van der Waals surface area contributed by atoms with Gasteiger partial charge in [0.05, 0.1) is 30.8 Å². The highest BCUT2D eigenvalue weighted by Gasteiger charge is 2.28. The van der Waals surface area contributed by atoms with Crippen LogP contribution in [0.1, 0.15) is 41.4 Å². The fourth-order valence-corrected chi connectivity index (χ4v) is 4.61. The lowest BCUT2D eigenvalue weighted by Crippen LogP contribution is -2.54. The van der Waals surface area contributed by atoms with Gasteiger partial charge in [0.1, 0.15) is 24.2 Å². The lowest BCUT2D eigenvalue weighted by atomic mass is 9.95. The van der Waals surface area contributed by atoms with Crippen LogP contribution < -0.4 is 19.7 Å². The average molecular weight is 496 g/mol. The van der Waals surface area contributed by atoms with Crippen LogP contribution in [0.3, 0.4) is 0 Å². The van der Waals surface area contributed by atoms with E-state index in [0.29, 0.717) is 23.0 Å². The molecule has 1 aliphatic heterocycles. The maximum atomic E-state index is 12.6. The molecule has 35 heavy (non-hydrogen) atoms. The van der Waals surface area contributed by atoms with Crippen LogP contribution in [-0.4, -0.2) is 54.2 Å². The Morgan fingerprint density at radius 1 is 1.14 bits per heavy atom. The second-order valence-corrected chi connectivity index (χ2v) is 9.44. The van der Waals surface area contributed by atoms with E-state index in [1.165, 1.54) is 6.20 Å². The maximum absolute atomic E-state index is 12.6. The van der Waals surface area contributed by atoms with Crippen molar-refractivity contribution in [2.75, 3.05) is 36.5 Å². The van der Waals surface area contributed by atoms with Crippen LogP contribution >= 0.6 is 11.3 Å². The number of nitrogens with zero attached hydrogens (tertiary/aromatic N) is 2. The van der Waals surface area contributed by atoms with Gasteiger partial charge in [0.2, 0.25) is 0 Å². The molecule has 0 aliphatic carbocycles. The number of aromatic nitrogens is 1. The molecule has 1 saturated heterocycles. The van der Waals surface area contributed by atoms with Crippen LogP contribution in [0.4, 0.5) is 10.8 Å². The summed E-state index contributed by atoms with van der Waals surface area (Å²) in [7, 11) is 0. The molecule has 1 aromatic heterocycles. The number of ether oxygens (including phenoxy) is 2. The summed E-state index contributed by atoms with van der Waals surface area (Å²) in [6.07, 6.45) is 1.92. The van der Waals surface area contributed by atoms with Gasteiger partial charge in [0.25, 0.3) is 5.91 Å². The highest BCUT2D eigenvalue weighted by molar-refractivity contribution is 7.17. The van der Waals surface area contributed by atoms with Crippen molar-refractivity contribution in [3.8, 4) is 11.5 Å². The Labute approximate surface area is 208 Å². The highest BCUT2D eigenvalue weighted by Crippen LogP contribution is 2.29. The van der Waals surface area contributed by atoms with Gasteiger partial charge in [-0.15, -0.1) is 0 Å². The molecule has 4 rings (SSSR count). The third-order valence-electron chi connectivity index (χ3n) is 5.77. The Morgan fingerprint density at radius 2 is 1.83 bits per heavy atom. The molecule has 1 fully saturated rings. The molecular formula is C26H29N3O5S. The minimum absolute atomic E-state index is 0.0213. The molecule has 9 heteroatoms. The van der Waals surface area contributed by atoms with E-state index >= 15 is 0 Å². The molecule has 8 nitrogen and oxygen atoms in total. The summed E-state index contributed by atoms with van der Waals surface area (Å²) in [5.74, 6) is 1.12. The first-order valence-electron chi connectivity index (χ1n) is 11.6. The zero-order valence-electron chi connectivity index (χ0n) is 19.8. The maximum Gasteiger partial charge on any atom is 0.251 e. The summed E-state index contributed by atoms with van der Waals surface area (Å²) < 4.78 is 11.6. The van der Waals surface area contributed by atoms with E-state index < -0.39 is 12.5 Å². The van der Waals surface area contributed by atoms with Gasteiger partial charge in [0.15, 0.2) is 10.9 Å². The van der Waals surface area contributed by atoms with Gasteiger partial charge >= 0.3 is 0 Å². The number of rotatable bonds is 11. The Bertz CT molecular complexity index is 1140. The van der Waals surface area contributed by atoms with Crippen molar-refractivity contribution in [1.82, 2.24) is 4.98 Å². The van der Waals surface area contributed by atoms with Crippen molar-refractivity contribution < 1.29 is 24.2 Å². The SMILES string of the molecule is CCOc1ccc(N2CC(Oc3ccc([C@H](C)CC(=O)c4cnc(NC(=O)CO)s4)cc3)C2)cc1. The summed E-state index contributed by atoms with van der Waals surface area (Å²) in [4.78, 5) is 30.7. The summed E-state index contributed by atoms with van der Waals surface area (Å²) in [6.45, 7) is 5.67. The minimum atomic E-state index is -0.624. The van der Waals surface area contributed by atoms with Crippen LogP contribution in [-0.2, 0) is 4.79 Å². The lowest BCUT2D eigenvalue weighted by molar-refractivity contribution is -0.118. The van der Waals surface area contributed by atoms with Gasteiger partial charge in [-0.2, -0.15) is 0 Å². The van der Waals surface area contributed by atoms with Crippen LogP contribution in [0.15, 0.2) is 54.7 Å². The molecule has 0 spiro atoms. The van der Waals surface area contributed by atoms with E-state index in [1.54, 1.807) is 0 Å². The number of carbonyl (C=O) groups is 2. The fraction of sp³-hybridized carbons (Fsp3) is 0.346. The molecule has 2 aromatic carbocycles. The van der Waals surface area contributed by atoms with E-state index in [-0.39, 0.29) is 17.8 Å². The number of ketones is 1. The van der Waals surface area contributed by atoms with E-state index in [0.717, 1.165) is 47.2 Å². The first-order chi connectivity index (χ1) is 16.9. The lowest BCUT2D eigenvalue weighted by Gasteiger charge is -2.40. The van der Waals surface area contributed by atoms with Crippen LogP contribution in [0.2, 0.25) is 0 Å². The number of nitrogens with one attached hydrogen (secondary N) is 1. The number of anilines is 2. The number of hydrogen-bond acceptors (Lipinski definition) is 8. The molecule has 0 unspecified atom stereocenters. The molecule has 3 aromatic rings. The predicted octanol–water partition coefficient (Wildman–Crippen LogP) is 4.12. The number of Topliss-reactive ketones (excluding diaryl/α,β-unsaturated/α-hetero) is 1. The summed E-state index contributed by atoms with van der Waals surface area (Å²) in [6, 6.07) is 16.0. The first kappa shape index (κ1) is 24.7. The summed E-state index contributed by atoms with van der Waals surface area (Å²) in [5.41, 5.74) is 2.21. The number of amides is 1. The normalized spacial score (nSPS) is 14.2. The molecule has 2 heterocycles. The first-order valence-corrected chi connectivity index (χ1v) is 12.4. The fourth-order valence-electron chi connectivity index (χ4n) is 3.83. The van der Waals surface area contributed by atoms with Crippen molar-refractivity contribution in [1.29, 1.82) is 0 Å². The summed E-state index contributed by atoms with van der Waals surface area (Å²) >= 11 is 1.11. The van der Waals surface area contributed by atoms with Gasteiger partial charge in [-0.3, -0.25) is 14.9 Å².